The number of nitrogens with one attached hydrogen (secondary N) is 2. The number of carbonyl (C=O) groups excluding carboxylic acids is 1. The SMILES string of the molecule is Cl.N=C(N)c1ccc(C(NC(=O)c2ccccc2Oc2ccccc2)P(=O)(O)O)cc1. The van der Waals surface area contributed by atoms with E-state index in [0.717, 1.165) is 0 Å². The topological polar surface area (TPSA) is 146 Å². The second-order valence-corrected chi connectivity index (χ2v) is 8.11. The molecule has 3 aromatic rings. The summed E-state index contributed by atoms with van der Waals surface area (Å²) in [6, 6.07) is 21.0. The fourth-order valence-corrected chi connectivity index (χ4v) is 3.61. The second-order valence-electron chi connectivity index (χ2n) is 6.41. The number of benzene rings is 3. The highest BCUT2D eigenvalue weighted by atomic mass is 35.5. The van der Waals surface area contributed by atoms with Gasteiger partial charge in [0.05, 0.1) is 5.56 Å². The average molecular weight is 462 g/mol. The molecular formula is C21H21ClN3O5P. The Bertz CT molecular complexity index is 1100. The van der Waals surface area contributed by atoms with Crippen molar-refractivity contribution in [3.63, 3.8) is 0 Å². The van der Waals surface area contributed by atoms with Crippen LogP contribution in [-0.4, -0.2) is 21.5 Å². The Hall–Kier alpha value is -3.16. The quantitative estimate of drug-likeness (QED) is 0.205. The van der Waals surface area contributed by atoms with Gasteiger partial charge in [-0.3, -0.25) is 14.8 Å². The number of amides is 1. The third kappa shape index (κ3) is 6.16. The molecule has 0 aromatic heterocycles. The summed E-state index contributed by atoms with van der Waals surface area (Å²) in [6.45, 7) is 0. The van der Waals surface area contributed by atoms with Gasteiger partial charge in [-0.15, -0.1) is 12.4 Å². The van der Waals surface area contributed by atoms with Crippen molar-refractivity contribution in [2.24, 2.45) is 5.73 Å². The second kappa shape index (κ2) is 10.2. The highest BCUT2D eigenvalue weighted by Crippen LogP contribution is 2.50. The van der Waals surface area contributed by atoms with Gasteiger partial charge in [-0.05, 0) is 29.8 Å². The zero-order valence-corrected chi connectivity index (χ0v) is 17.8. The average Bonchev–Trinajstić information content (AvgIpc) is 2.72. The number of rotatable bonds is 7. The van der Waals surface area contributed by atoms with E-state index in [-0.39, 0.29) is 35.1 Å². The largest absolute Gasteiger partial charge is 0.457 e. The molecule has 0 bridgehead atoms. The number of hydrogen-bond acceptors (Lipinski definition) is 4. The molecule has 1 unspecified atom stereocenters. The smallest absolute Gasteiger partial charge is 0.352 e. The highest BCUT2D eigenvalue weighted by Gasteiger charge is 2.33. The number of carbonyl (C=O) groups is 1. The Labute approximate surface area is 185 Å². The van der Waals surface area contributed by atoms with E-state index in [2.05, 4.69) is 5.32 Å². The molecule has 3 aromatic carbocycles. The molecule has 0 aliphatic carbocycles. The van der Waals surface area contributed by atoms with Crippen LogP contribution in [0.25, 0.3) is 0 Å². The number of hydrogen-bond donors (Lipinski definition) is 5. The maximum atomic E-state index is 12.9. The molecular weight excluding hydrogens is 441 g/mol. The van der Waals surface area contributed by atoms with E-state index in [1.54, 1.807) is 42.5 Å². The van der Waals surface area contributed by atoms with Crippen molar-refractivity contribution in [2.75, 3.05) is 0 Å². The number of nitrogen functional groups attached to an aromatic ring is 1. The van der Waals surface area contributed by atoms with E-state index in [1.807, 2.05) is 6.07 Å². The minimum absolute atomic E-state index is 0. The van der Waals surface area contributed by atoms with Crippen LogP contribution in [0.15, 0.2) is 78.9 Å². The predicted octanol–water partition coefficient (Wildman–Crippen LogP) is 3.79. The summed E-state index contributed by atoms with van der Waals surface area (Å²) in [5.74, 6) is -1.69. The number of ether oxygens (including phenoxy) is 1. The minimum Gasteiger partial charge on any atom is -0.457 e. The van der Waals surface area contributed by atoms with Crippen molar-refractivity contribution in [3.8, 4) is 11.5 Å². The van der Waals surface area contributed by atoms with Crippen LogP contribution in [0.3, 0.4) is 0 Å². The Morgan fingerprint density at radius 3 is 2.13 bits per heavy atom. The summed E-state index contributed by atoms with van der Waals surface area (Å²) >= 11 is 0. The Morgan fingerprint density at radius 2 is 1.55 bits per heavy atom. The van der Waals surface area contributed by atoms with Crippen molar-refractivity contribution in [1.29, 1.82) is 5.41 Å². The first kappa shape index (κ1) is 24.1. The van der Waals surface area contributed by atoms with Gasteiger partial charge >= 0.3 is 7.60 Å². The Morgan fingerprint density at radius 1 is 0.968 bits per heavy atom. The van der Waals surface area contributed by atoms with Crippen LogP contribution in [0, 0.1) is 5.41 Å². The lowest BCUT2D eigenvalue weighted by molar-refractivity contribution is 0.0940. The Balaban J connectivity index is 0.00000341. The van der Waals surface area contributed by atoms with Gasteiger partial charge < -0.3 is 25.6 Å². The van der Waals surface area contributed by atoms with Crippen LogP contribution in [0.4, 0.5) is 0 Å². The van der Waals surface area contributed by atoms with Gasteiger partial charge in [0, 0.05) is 5.56 Å². The first-order valence-electron chi connectivity index (χ1n) is 8.88. The zero-order chi connectivity index (χ0) is 21.7. The van der Waals surface area contributed by atoms with Gasteiger partial charge in [0.25, 0.3) is 5.91 Å². The molecule has 0 saturated heterocycles. The lowest BCUT2D eigenvalue weighted by Crippen LogP contribution is -2.29. The molecule has 8 nitrogen and oxygen atoms in total. The van der Waals surface area contributed by atoms with Crippen LogP contribution in [-0.2, 0) is 4.57 Å². The van der Waals surface area contributed by atoms with Crippen LogP contribution >= 0.6 is 20.0 Å². The molecule has 6 N–H and O–H groups in total. The van der Waals surface area contributed by atoms with Gasteiger partial charge in [-0.1, -0.05) is 54.6 Å². The monoisotopic (exact) mass is 461 g/mol. The normalized spacial score (nSPS) is 11.7. The molecule has 0 spiro atoms. The van der Waals surface area contributed by atoms with E-state index in [0.29, 0.717) is 11.3 Å². The predicted molar refractivity (Wildman–Crippen MR) is 120 cm³/mol. The molecule has 0 fully saturated rings. The van der Waals surface area contributed by atoms with Gasteiger partial charge in [-0.2, -0.15) is 0 Å². The fourth-order valence-electron chi connectivity index (χ4n) is 2.77. The van der Waals surface area contributed by atoms with Crippen molar-refractivity contribution >= 4 is 31.7 Å². The molecule has 3 rings (SSSR count). The summed E-state index contributed by atoms with van der Waals surface area (Å²) in [6.07, 6.45) is 0. The zero-order valence-electron chi connectivity index (χ0n) is 16.1. The van der Waals surface area contributed by atoms with Gasteiger partial charge in [0.1, 0.15) is 17.3 Å². The van der Waals surface area contributed by atoms with Crippen LogP contribution < -0.4 is 15.8 Å². The highest BCUT2D eigenvalue weighted by molar-refractivity contribution is 7.52. The maximum absolute atomic E-state index is 12.9. The van der Waals surface area contributed by atoms with E-state index in [4.69, 9.17) is 15.9 Å². The molecule has 0 heterocycles. The minimum atomic E-state index is -4.75. The molecule has 0 saturated carbocycles. The molecule has 1 amide bonds. The standard InChI is InChI=1S/C21H20N3O5P.ClH/c22-19(23)14-10-12-15(13-11-14)21(30(26,27)28)24-20(25)17-8-4-5-9-18(17)29-16-6-2-1-3-7-16;/h1-13,21H,(H3,22,23)(H,24,25)(H2,26,27,28);1H. The van der Waals surface area contributed by atoms with E-state index >= 15 is 0 Å². The van der Waals surface area contributed by atoms with Crippen molar-refractivity contribution < 1.29 is 23.9 Å². The lowest BCUT2D eigenvalue weighted by atomic mass is 10.1. The first-order chi connectivity index (χ1) is 14.3. The van der Waals surface area contributed by atoms with Crippen LogP contribution in [0.1, 0.15) is 27.3 Å². The van der Waals surface area contributed by atoms with Gasteiger partial charge in [-0.25, -0.2) is 0 Å². The lowest BCUT2D eigenvalue weighted by Gasteiger charge is -2.21. The summed E-state index contributed by atoms with van der Waals surface area (Å²) < 4.78 is 17.8. The molecule has 0 radical (unpaired) electrons. The third-order valence-corrected chi connectivity index (χ3v) is 5.34. The first-order valence-corrected chi connectivity index (χ1v) is 10.6. The van der Waals surface area contributed by atoms with Gasteiger partial charge in [0.15, 0.2) is 5.78 Å². The summed E-state index contributed by atoms with van der Waals surface area (Å²) in [7, 11) is -4.75. The molecule has 0 aliphatic rings. The molecule has 10 heteroatoms. The number of halogens is 1. The van der Waals surface area contributed by atoms with Crippen LogP contribution in [0.5, 0.6) is 11.5 Å². The summed E-state index contributed by atoms with van der Waals surface area (Å²) in [5, 5.41) is 9.82. The Kier molecular flexibility index (Phi) is 7.96. The fraction of sp³-hybridized carbons (Fsp3) is 0.0476. The van der Waals surface area contributed by atoms with Gasteiger partial charge in [0.2, 0.25) is 0 Å². The van der Waals surface area contributed by atoms with E-state index < -0.39 is 19.3 Å². The number of amidine groups is 1. The molecule has 31 heavy (non-hydrogen) atoms. The number of nitrogens with two attached hydrogens (primary N) is 1. The molecule has 162 valence electrons. The maximum Gasteiger partial charge on any atom is 0.352 e. The summed E-state index contributed by atoms with van der Waals surface area (Å²) in [4.78, 5) is 32.5. The van der Waals surface area contributed by atoms with Crippen molar-refractivity contribution in [1.82, 2.24) is 5.32 Å². The van der Waals surface area contributed by atoms with Crippen molar-refractivity contribution in [3.05, 3.63) is 95.6 Å². The third-order valence-electron chi connectivity index (χ3n) is 4.24. The summed E-state index contributed by atoms with van der Waals surface area (Å²) in [5.41, 5.74) is 6.12. The molecule has 1 atom stereocenters. The van der Waals surface area contributed by atoms with Crippen molar-refractivity contribution in [2.45, 2.75) is 5.78 Å². The number of para-hydroxylation sites is 2. The van der Waals surface area contributed by atoms with Crippen LogP contribution in [0.2, 0.25) is 0 Å². The molecule has 0 aliphatic heterocycles. The van der Waals surface area contributed by atoms with E-state index in [9.17, 15) is 19.1 Å². The van der Waals surface area contributed by atoms with E-state index in [1.165, 1.54) is 30.3 Å².